The number of benzene rings is 2. The minimum Gasteiger partial charge on any atom is -0.0617 e. The molecule has 0 spiro atoms. The SMILES string of the molecule is Brc1cccc(/C=C/C=C/c2cccc(Br)c2)c1. The normalized spacial score (nSPS) is 11.4. The summed E-state index contributed by atoms with van der Waals surface area (Å²) in [6.07, 6.45) is 8.25. The Morgan fingerprint density at radius 2 is 1.11 bits per heavy atom. The van der Waals surface area contributed by atoms with Crippen molar-refractivity contribution in [3.8, 4) is 0 Å². The molecule has 0 unspecified atom stereocenters. The molecule has 0 N–H and O–H groups in total. The smallest absolute Gasteiger partial charge is 0.0181 e. The largest absolute Gasteiger partial charge is 0.0617 e. The zero-order valence-corrected chi connectivity index (χ0v) is 12.9. The first-order valence-electron chi connectivity index (χ1n) is 5.60. The number of halogens is 2. The molecule has 0 heterocycles. The highest BCUT2D eigenvalue weighted by Crippen LogP contribution is 2.14. The lowest BCUT2D eigenvalue weighted by Gasteiger charge is -1.94. The quantitative estimate of drug-likeness (QED) is 0.592. The second-order valence-corrected chi connectivity index (χ2v) is 5.66. The highest BCUT2D eigenvalue weighted by Gasteiger charge is 1.88. The van der Waals surface area contributed by atoms with Gasteiger partial charge in [-0.15, -0.1) is 0 Å². The summed E-state index contributed by atoms with van der Waals surface area (Å²) in [5, 5.41) is 0. The molecule has 18 heavy (non-hydrogen) atoms. The zero-order chi connectivity index (χ0) is 12.8. The summed E-state index contributed by atoms with van der Waals surface area (Å²) in [7, 11) is 0. The van der Waals surface area contributed by atoms with E-state index in [0.717, 1.165) is 8.95 Å². The van der Waals surface area contributed by atoms with E-state index < -0.39 is 0 Å². The van der Waals surface area contributed by atoms with E-state index in [1.807, 2.05) is 36.4 Å². The van der Waals surface area contributed by atoms with Crippen LogP contribution in [0, 0.1) is 0 Å². The molecule has 0 saturated carbocycles. The summed E-state index contributed by atoms with van der Waals surface area (Å²) >= 11 is 6.92. The Kier molecular flexibility index (Phi) is 4.97. The lowest BCUT2D eigenvalue weighted by Crippen LogP contribution is -1.71. The van der Waals surface area contributed by atoms with Crippen LogP contribution >= 0.6 is 31.9 Å². The Morgan fingerprint density at radius 1 is 0.667 bits per heavy atom. The van der Waals surface area contributed by atoms with Gasteiger partial charge in [0, 0.05) is 8.95 Å². The first-order valence-corrected chi connectivity index (χ1v) is 7.18. The summed E-state index contributed by atoms with van der Waals surface area (Å²) in [4.78, 5) is 0. The van der Waals surface area contributed by atoms with Crippen molar-refractivity contribution in [1.29, 1.82) is 0 Å². The topological polar surface area (TPSA) is 0 Å². The van der Waals surface area contributed by atoms with Gasteiger partial charge in [0.25, 0.3) is 0 Å². The summed E-state index contributed by atoms with van der Waals surface area (Å²) < 4.78 is 2.20. The maximum absolute atomic E-state index is 3.46. The van der Waals surface area contributed by atoms with Crippen LogP contribution in [0.25, 0.3) is 12.2 Å². The summed E-state index contributed by atoms with van der Waals surface area (Å²) in [6.45, 7) is 0. The average molecular weight is 364 g/mol. The van der Waals surface area contributed by atoms with E-state index in [2.05, 4.69) is 68.3 Å². The first-order chi connectivity index (χ1) is 8.74. The molecule has 0 aliphatic heterocycles. The van der Waals surface area contributed by atoms with Gasteiger partial charge in [-0.25, -0.2) is 0 Å². The van der Waals surface area contributed by atoms with Crippen molar-refractivity contribution in [3.05, 3.63) is 80.8 Å². The van der Waals surface area contributed by atoms with Crippen molar-refractivity contribution < 1.29 is 0 Å². The van der Waals surface area contributed by atoms with Crippen molar-refractivity contribution in [2.45, 2.75) is 0 Å². The third-order valence-corrected chi connectivity index (χ3v) is 3.37. The molecule has 90 valence electrons. The Bertz CT molecular complexity index is 530. The third kappa shape index (κ3) is 4.28. The Balaban J connectivity index is 2.03. The van der Waals surface area contributed by atoms with Crippen molar-refractivity contribution in [2.75, 3.05) is 0 Å². The molecule has 0 radical (unpaired) electrons. The van der Waals surface area contributed by atoms with E-state index in [4.69, 9.17) is 0 Å². The van der Waals surface area contributed by atoms with Gasteiger partial charge in [0.05, 0.1) is 0 Å². The van der Waals surface area contributed by atoms with Crippen LogP contribution in [0.5, 0.6) is 0 Å². The van der Waals surface area contributed by atoms with Crippen LogP contribution in [0.3, 0.4) is 0 Å². The average Bonchev–Trinajstić information content (AvgIpc) is 2.35. The number of hydrogen-bond donors (Lipinski definition) is 0. The van der Waals surface area contributed by atoms with Crippen molar-refractivity contribution >= 4 is 44.0 Å². The molecule has 2 heteroatoms. The second kappa shape index (κ2) is 6.72. The predicted octanol–water partition coefficient (Wildman–Crippen LogP) is 5.94. The molecule has 2 aromatic carbocycles. The van der Waals surface area contributed by atoms with Crippen LogP contribution in [0.2, 0.25) is 0 Å². The number of rotatable bonds is 3. The Morgan fingerprint density at radius 3 is 1.50 bits per heavy atom. The van der Waals surface area contributed by atoms with Crippen molar-refractivity contribution in [1.82, 2.24) is 0 Å². The van der Waals surface area contributed by atoms with Gasteiger partial charge >= 0.3 is 0 Å². The molecular formula is C16H12Br2. The summed E-state index contributed by atoms with van der Waals surface area (Å²) in [5.74, 6) is 0. The highest BCUT2D eigenvalue weighted by molar-refractivity contribution is 9.10. The van der Waals surface area contributed by atoms with E-state index in [0.29, 0.717) is 0 Å². The lowest BCUT2D eigenvalue weighted by molar-refractivity contribution is 1.60. The molecule has 0 aromatic heterocycles. The van der Waals surface area contributed by atoms with Gasteiger partial charge in [0.15, 0.2) is 0 Å². The molecular weight excluding hydrogens is 352 g/mol. The second-order valence-electron chi connectivity index (χ2n) is 3.83. The van der Waals surface area contributed by atoms with E-state index in [1.165, 1.54) is 11.1 Å². The van der Waals surface area contributed by atoms with E-state index in [1.54, 1.807) is 0 Å². The van der Waals surface area contributed by atoms with E-state index in [-0.39, 0.29) is 0 Å². The molecule has 0 fully saturated rings. The molecule has 2 rings (SSSR count). The molecule has 0 saturated heterocycles. The number of hydrogen-bond acceptors (Lipinski definition) is 0. The van der Waals surface area contributed by atoms with Crippen molar-refractivity contribution in [2.24, 2.45) is 0 Å². The molecule has 0 atom stereocenters. The maximum atomic E-state index is 3.46. The molecule has 0 nitrogen and oxygen atoms in total. The summed E-state index contributed by atoms with van der Waals surface area (Å²) in [5.41, 5.74) is 2.37. The minimum absolute atomic E-state index is 1.10. The van der Waals surface area contributed by atoms with Crippen LogP contribution in [0.1, 0.15) is 11.1 Å². The number of allylic oxidation sites excluding steroid dienone is 2. The maximum Gasteiger partial charge on any atom is 0.0181 e. The Hall–Kier alpha value is -1.12. The third-order valence-electron chi connectivity index (χ3n) is 2.39. The van der Waals surface area contributed by atoms with E-state index in [9.17, 15) is 0 Å². The molecule has 0 amide bonds. The van der Waals surface area contributed by atoms with Gasteiger partial charge in [0.1, 0.15) is 0 Å². The Labute approximate surface area is 124 Å². The first kappa shape index (κ1) is 13.3. The molecule has 0 aliphatic rings. The highest BCUT2D eigenvalue weighted by atomic mass is 79.9. The fourth-order valence-corrected chi connectivity index (χ4v) is 2.39. The van der Waals surface area contributed by atoms with Crippen LogP contribution in [-0.4, -0.2) is 0 Å². The van der Waals surface area contributed by atoms with Gasteiger partial charge in [0.2, 0.25) is 0 Å². The van der Waals surface area contributed by atoms with Gasteiger partial charge in [-0.3, -0.25) is 0 Å². The minimum atomic E-state index is 1.10. The molecule has 2 aromatic rings. The fourth-order valence-electron chi connectivity index (χ4n) is 1.55. The standard InChI is InChI=1S/C16H12Br2/c17-15-9-3-7-13(11-15)5-1-2-6-14-8-4-10-16(18)12-14/h1-12H/b5-1+,6-2+. The molecule has 0 aliphatic carbocycles. The monoisotopic (exact) mass is 362 g/mol. The molecule has 0 bridgehead atoms. The van der Waals surface area contributed by atoms with Gasteiger partial charge < -0.3 is 0 Å². The van der Waals surface area contributed by atoms with Crippen LogP contribution in [0.4, 0.5) is 0 Å². The van der Waals surface area contributed by atoms with Crippen molar-refractivity contribution in [3.63, 3.8) is 0 Å². The van der Waals surface area contributed by atoms with Gasteiger partial charge in [-0.2, -0.15) is 0 Å². The fraction of sp³-hybridized carbons (Fsp3) is 0. The summed E-state index contributed by atoms with van der Waals surface area (Å²) in [6, 6.07) is 16.4. The van der Waals surface area contributed by atoms with Crippen LogP contribution in [0.15, 0.2) is 69.6 Å². The van der Waals surface area contributed by atoms with Crippen LogP contribution < -0.4 is 0 Å². The van der Waals surface area contributed by atoms with Gasteiger partial charge in [-0.05, 0) is 35.4 Å². The van der Waals surface area contributed by atoms with E-state index >= 15 is 0 Å². The van der Waals surface area contributed by atoms with Gasteiger partial charge in [-0.1, -0.05) is 80.4 Å². The van der Waals surface area contributed by atoms with Crippen LogP contribution in [-0.2, 0) is 0 Å². The predicted molar refractivity (Wildman–Crippen MR) is 86.4 cm³/mol. The zero-order valence-electron chi connectivity index (χ0n) is 9.68. The lowest BCUT2D eigenvalue weighted by atomic mass is 10.2.